The van der Waals surface area contributed by atoms with Gasteiger partial charge in [0.15, 0.2) is 0 Å². The summed E-state index contributed by atoms with van der Waals surface area (Å²) in [6, 6.07) is 3.05. The largest absolute Gasteiger partial charge is 0.418 e. The van der Waals surface area contributed by atoms with Crippen molar-refractivity contribution in [1.29, 1.82) is 0 Å². The Kier molecular flexibility index (Phi) is 6.23. The van der Waals surface area contributed by atoms with Gasteiger partial charge in [-0.3, -0.25) is 9.00 Å². The highest BCUT2D eigenvalue weighted by atomic mass is 35.5. The number of carbonyl (C=O) groups is 1. The first-order valence-corrected chi connectivity index (χ1v) is 9.67. The number of hydrogen-bond donors (Lipinski definition) is 1. The van der Waals surface area contributed by atoms with E-state index >= 15 is 0 Å². The standard InChI is InChI=1S/C15H14ClF3N2O2S2/c1-8(25(23)7-11-6-24-9(2)20-11)14(22)21-13-4-3-10(16)5-12(13)15(17,18)19/h3-6,8H,7H2,1-2H3,(H,21,22)/t8-,25+/m0/s1. The zero-order chi connectivity index (χ0) is 18.8. The molecule has 0 unspecified atom stereocenters. The quantitative estimate of drug-likeness (QED) is 0.794. The molecule has 4 nitrogen and oxygen atoms in total. The third-order valence-electron chi connectivity index (χ3n) is 3.27. The van der Waals surface area contributed by atoms with Crippen molar-refractivity contribution in [2.45, 2.75) is 31.0 Å². The highest BCUT2D eigenvalue weighted by Gasteiger charge is 2.34. The molecule has 25 heavy (non-hydrogen) atoms. The first-order valence-electron chi connectivity index (χ1n) is 7.03. The van der Waals surface area contributed by atoms with Gasteiger partial charge in [-0.25, -0.2) is 4.98 Å². The fourth-order valence-electron chi connectivity index (χ4n) is 1.96. The SMILES string of the molecule is Cc1nc(C[S@@](=O)[C@@H](C)C(=O)Nc2ccc(Cl)cc2C(F)(F)F)cs1. The molecule has 1 heterocycles. The predicted octanol–water partition coefficient (Wildman–Crippen LogP) is 4.40. The number of amides is 1. The number of anilines is 1. The lowest BCUT2D eigenvalue weighted by atomic mass is 10.1. The van der Waals surface area contributed by atoms with Crippen molar-refractivity contribution in [3.8, 4) is 0 Å². The van der Waals surface area contributed by atoms with Crippen LogP contribution in [0.3, 0.4) is 0 Å². The summed E-state index contributed by atoms with van der Waals surface area (Å²) in [5.41, 5.74) is -0.889. The van der Waals surface area contributed by atoms with Gasteiger partial charge in [-0.2, -0.15) is 13.2 Å². The van der Waals surface area contributed by atoms with Gasteiger partial charge >= 0.3 is 6.18 Å². The summed E-state index contributed by atoms with van der Waals surface area (Å²) < 4.78 is 51.4. The van der Waals surface area contributed by atoms with Gasteiger partial charge in [-0.1, -0.05) is 11.6 Å². The van der Waals surface area contributed by atoms with Crippen molar-refractivity contribution in [2.24, 2.45) is 0 Å². The average molecular weight is 411 g/mol. The Bertz CT molecular complexity index is 808. The summed E-state index contributed by atoms with van der Waals surface area (Å²) in [5, 5.41) is 3.63. The molecule has 1 aromatic heterocycles. The smallest absolute Gasteiger partial charge is 0.324 e. The number of hydrogen-bond acceptors (Lipinski definition) is 4. The van der Waals surface area contributed by atoms with Crippen LogP contribution in [0, 0.1) is 6.92 Å². The Morgan fingerprint density at radius 1 is 1.44 bits per heavy atom. The van der Waals surface area contributed by atoms with Crippen LogP contribution in [0.4, 0.5) is 18.9 Å². The van der Waals surface area contributed by atoms with Gasteiger partial charge in [-0.15, -0.1) is 11.3 Å². The summed E-state index contributed by atoms with van der Waals surface area (Å²) in [7, 11) is -1.61. The number of nitrogens with zero attached hydrogens (tertiary/aromatic N) is 1. The zero-order valence-electron chi connectivity index (χ0n) is 13.2. The number of rotatable bonds is 5. The molecule has 0 aliphatic heterocycles. The minimum Gasteiger partial charge on any atom is -0.324 e. The highest BCUT2D eigenvalue weighted by molar-refractivity contribution is 7.85. The molecule has 10 heteroatoms. The van der Waals surface area contributed by atoms with Gasteiger partial charge in [0.1, 0.15) is 5.25 Å². The van der Waals surface area contributed by atoms with E-state index < -0.39 is 39.4 Å². The Labute approximate surface area is 153 Å². The van der Waals surface area contributed by atoms with E-state index in [9.17, 15) is 22.2 Å². The molecule has 0 fully saturated rings. The Hall–Kier alpha value is -1.45. The number of nitrogens with one attached hydrogen (secondary N) is 1. The Morgan fingerprint density at radius 2 is 2.12 bits per heavy atom. The molecule has 0 saturated carbocycles. The Morgan fingerprint density at radius 3 is 2.68 bits per heavy atom. The summed E-state index contributed by atoms with van der Waals surface area (Å²) in [6.45, 7) is 3.19. The second-order valence-corrected chi connectivity index (χ2v) is 8.46. The van der Waals surface area contributed by atoms with Crippen LogP contribution in [0.15, 0.2) is 23.6 Å². The molecule has 1 amide bonds. The molecule has 0 saturated heterocycles. The summed E-state index contributed by atoms with van der Waals surface area (Å²) in [6.07, 6.45) is -4.67. The van der Waals surface area contributed by atoms with Crippen LogP contribution in [0.1, 0.15) is 23.2 Å². The summed E-state index contributed by atoms with van der Waals surface area (Å²) in [4.78, 5) is 16.4. The first kappa shape index (κ1) is 19.9. The predicted molar refractivity (Wildman–Crippen MR) is 93.2 cm³/mol. The van der Waals surface area contributed by atoms with Gasteiger partial charge < -0.3 is 5.32 Å². The number of halogens is 4. The minimum absolute atomic E-state index is 0.0612. The van der Waals surface area contributed by atoms with Gasteiger partial charge in [0.2, 0.25) is 5.91 Å². The van der Waals surface area contributed by atoms with Crippen molar-refractivity contribution in [2.75, 3.05) is 5.32 Å². The van der Waals surface area contributed by atoms with E-state index in [1.807, 2.05) is 0 Å². The molecule has 1 aromatic carbocycles. The molecule has 1 N–H and O–H groups in total. The molecule has 2 atom stereocenters. The topological polar surface area (TPSA) is 59.1 Å². The lowest BCUT2D eigenvalue weighted by Crippen LogP contribution is -2.30. The molecule has 2 aromatic rings. The highest BCUT2D eigenvalue weighted by Crippen LogP contribution is 2.36. The van der Waals surface area contributed by atoms with Crippen molar-refractivity contribution >= 4 is 45.3 Å². The van der Waals surface area contributed by atoms with E-state index in [1.54, 1.807) is 12.3 Å². The van der Waals surface area contributed by atoms with Crippen molar-refractivity contribution in [1.82, 2.24) is 4.98 Å². The molecule has 0 spiro atoms. The van der Waals surface area contributed by atoms with Crippen LogP contribution in [0.25, 0.3) is 0 Å². The molecule has 0 aliphatic carbocycles. The van der Waals surface area contributed by atoms with Crippen molar-refractivity contribution in [3.05, 3.63) is 44.9 Å². The number of benzene rings is 1. The minimum atomic E-state index is -4.67. The van der Waals surface area contributed by atoms with Gasteiger partial charge in [0, 0.05) is 21.2 Å². The zero-order valence-corrected chi connectivity index (χ0v) is 15.6. The lowest BCUT2D eigenvalue weighted by molar-refractivity contribution is -0.137. The monoisotopic (exact) mass is 410 g/mol. The van der Waals surface area contributed by atoms with E-state index in [4.69, 9.17) is 11.6 Å². The van der Waals surface area contributed by atoms with Crippen LogP contribution in [0.2, 0.25) is 5.02 Å². The maximum absolute atomic E-state index is 13.1. The third kappa shape index (κ3) is 5.26. The molecule has 0 aliphatic rings. The summed E-state index contributed by atoms with van der Waals surface area (Å²) in [5.74, 6) is -0.704. The van der Waals surface area contributed by atoms with Crippen LogP contribution in [-0.4, -0.2) is 20.3 Å². The lowest BCUT2D eigenvalue weighted by Gasteiger charge is -2.16. The molecule has 0 radical (unpaired) electrons. The van der Waals surface area contributed by atoms with Crippen LogP contribution in [-0.2, 0) is 27.5 Å². The fraction of sp³-hybridized carbons (Fsp3) is 0.333. The van der Waals surface area contributed by atoms with Gasteiger partial charge in [0.05, 0.1) is 27.7 Å². The van der Waals surface area contributed by atoms with E-state index in [0.29, 0.717) is 5.69 Å². The number of alkyl halides is 3. The maximum atomic E-state index is 13.1. The second-order valence-electron chi connectivity index (χ2n) is 5.20. The van der Waals surface area contributed by atoms with E-state index in [2.05, 4.69) is 10.3 Å². The molecular formula is C15H14ClF3N2O2S2. The average Bonchev–Trinajstić information content (AvgIpc) is 2.92. The van der Waals surface area contributed by atoms with Gasteiger partial charge in [-0.05, 0) is 32.0 Å². The third-order valence-corrected chi connectivity index (χ3v) is 5.91. The van der Waals surface area contributed by atoms with E-state index in [0.717, 1.165) is 17.1 Å². The molecule has 2 rings (SSSR count). The maximum Gasteiger partial charge on any atom is 0.418 e. The van der Waals surface area contributed by atoms with Crippen LogP contribution >= 0.6 is 22.9 Å². The number of aryl methyl sites for hydroxylation is 1. The van der Waals surface area contributed by atoms with Crippen LogP contribution in [0.5, 0.6) is 0 Å². The van der Waals surface area contributed by atoms with E-state index in [1.165, 1.54) is 24.3 Å². The molecule has 0 bridgehead atoms. The molecule has 136 valence electrons. The van der Waals surface area contributed by atoms with Crippen molar-refractivity contribution in [3.63, 3.8) is 0 Å². The first-order chi connectivity index (χ1) is 11.6. The van der Waals surface area contributed by atoms with Crippen LogP contribution < -0.4 is 5.32 Å². The number of aromatic nitrogens is 1. The Balaban J connectivity index is 2.12. The molecular weight excluding hydrogens is 397 g/mol. The van der Waals surface area contributed by atoms with Gasteiger partial charge in [0.25, 0.3) is 0 Å². The fourth-order valence-corrected chi connectivity index (χ4v) is 3.84. The number of carbonyl (C=O) groups excluding carboxylic acids is 1. The van der Waals surface area contributed by atoms with E-state index in [-0.39, 0.29) is 10.8 Å². The summed E-state index contributed by atoms with van der Waals surface area (Å²) >= 11 is 6.99. The second kappa shape index (κ2) is 7.84. The number of thiazole rings is 1. The van der Waals surface area contributed by atoms with Crippen molar-refractivity contribution < 1.29 is 22.2 Å². The normalized spacial score (nSPS) is 14.2.